The van der Waals surface area contributed by atoms with Gasteiger partial charge in [-0.3, -0.25) is 9.48 Å². The molecule has 0 atom stereocenters. The molecule has 1 amide bonds. The van der Waals surface area contributed by atoms with Gasteiger partial charge in [-0.2, -0.15) is 5.10 Å². The average molecular weight is 272 g/mol. The molecule has 0 saturated carbocycles. The lowest BCUT2D eigenvalue weighted by Gasteiger charge is -2.08. The number of nitrogens with zero attached hydrogens (tertiary/aromatic N) is 2. The first-order valence-corrected chi connectivity index (χ1v) is 6.58. The molecule has 5 nitrogen and oxygen atoms in total. The van der Waals surface area contributed by atoms with Crippen molar-refractivity contribution in [2.45, 2.75) is 20.4 Å². The minimum atomic E-state index is -0.0736. The molecule has 0 saturated heterocycles. The van der Waals surface area contributed by atoms with Crippen molar-refractivity contribution in [1.29, 1.82) is 0 Å². The maximum atomic E-state index is 11.5. The van der Waals surface area contributed by atoms with Crippen molar-refractivity contribution in [3.63, 3.8) is 0 Å². The third-order valence-electron chi connectivity index (χ3n) is 3.50. The maximum Gasteiger partial charge on any atom is 0.251 e. The molecule has 5 heteroatoms. The molecule has 1 aromatic heterocycles. The fourth-order valence-corrected chi connectivity index (χ4v) is 2.15. The van der Waals surface area contributed by atoms with E-state index in [1.807, 2.05) is 42.9 Å². The number of hydrogen-bond acceptors (Lipinski definition) is 3. The van der Waals surface area contributed by atoms with E-state index in [9.17, 15) is 4.79 Å². The van der Waals surface area contributed by atoms with Gasteiger partial charge < -0.3 is 10.6 Å². The Kier molecular flexibility index (Phi) is 4.08. The van der Waals surface area contributed by atoms with Crippen LogP contribution >= 0.6 is 0 Å². The second-order valence-electron chi connectivity index (χ2n) is 4.78. The molecule has 0 unspecified atom stereocenters. The van der Waals surface area contributed by atoms with Crippen LogP contribution in [-0.2, 0) is 13.6 Å². The summed E-state index contributed by atoms with van der Waals surface area (Å²) < 4.78 is 1.89. The van der Waals surface area contributed by atoms with Crippen LogP contribution in [0.5, 0.6) is 0 Å². The minimum Gasteiger partial charge on any atom is -0.381 e. The van der Waals surface area contributed by atoms with E-state index in [-0.39, 0.29) is 5.91 Å². The number of aromatic nitrogens is 2. The van der Waals surface area contributed by atoms with Crippen molar-refractivity contribution in [3.05, 3.63) is 46.8 Å². The zero-order chi connectivity index (χ0) is 14.7. The third-order valence-corrected chi connectivity index (χ3v) is 3.50. The third kappa shape index (κ3) is 2.82. The highest BCUT2D eigenvalue weighted by molar-refractivity contribution is 5.94. The molecule has 0 fully saturated rings. The first-order valence-electron chi connectivity index (χ1n) is 6.58. The smallest absolute Gasteiger partial charge is 0.251 e. The normalized spacial score (nSPS) is 10.4. The number of benzene rings is 1. The van der Waals surface area contributed by atoms with E-state index in [1.54, 1.807) is 7.05 Å². The van der Waals surface area contributed by atoms with Gasteiger partial charge in [-0.05, 0) is 38.1 Å². The highest BCUT2D eigenvalue weighted by atomic mass is 16.1. The van der Waals surface area contributed by atoms with E-state index in [2.05, 4.69) is 22.7 Å². The summed E-state index contributed by atoms with van der Waals surface area (Å²) >= 11 is 0. The molecule has 2 N–H and O–H groups in total. The lowest BCUT2D eigenvalue weighted by Crippen LogP contribution is -2.17. The maximum absolute atomic E-state index is 11.5. The van der Waals surface area contributed by atoms with Crippen LogP contribution in [0.4, 0.5) is 5.69 Å². The van der Waals surface area contributed by atoms with Gasteiger partial charge in [0.1, 0.15) is 0 Å². The molecule has 2 aromatic rings. The molecule has 0 bridgehead atoms. The van der Waals surface area contributed by atoms with Gasteiger partial charge in [0, 0.05) is 43.1 Å². The Balaban J connectivity index is 2.06. The summed E-state index contributed by atoms with van der Waals surface area (Å²) in [7, 11) is 3.58. The summed E-state index contributed by atoms with van der Waals surface area (Å²) in [6.07, 6.45) is 0. The van der Waals surface area contributed by atoms with Gasteiger partial charge in [-0.1, -0.05) is 0 Å². The SMILES string of the molecule is CNC(=O)c1ccc(NCc2c(C)nn(C)c2C)cc1. The Morgan fingerprint density at radius 3 is 2.40 bits per heavy atom. The van der Waals surface area contributed by atoms with Crippen LogP contribution in [0, 0.1) is 13.8 Å². The Morgan fingerprint density at radius 2 is 1.90 bits per heavy atom. The lowest BCUT2D eigenvalue weighted by atomic mass is 10.1. The fraction of sp³-hybridized carbons (Fsp3) is 0.333. The van der Waals surface area contributed by atoms with Gasteiger partial charge in [0.15, 0.2) is 0 Å². The Hall–Kier alpha value is -2.30. The van der Waals surface area contributed by atoms with Crippen LogP contribution in [0.3, 0.4) is 0 Å². The van der Waals surface area contributed by atoms with Crippen molar-refractivity contribution < 1.29 is 4.79 Å². The average Bonchev–Trinajstić information content (AvgIpc) is 2.70. The standard InChI is InChI=1S/C15H20N4O/c1-10-14(11(2)19(4)18-10)9-17-13-7-5-12(6-8-13)15(20)16-3/h5-8,17H,9H2,1-4H3,(H,16,20). The van der Waals surface area contributed by atoms with E-state index in [0.29, 0.717) is 5.56 Å². The molecule has 0 aliphatic heterocycles. The van der Waals surface area contributed by atoms with E-state index < -0.39 is 0 Å². The number of hydrogen-bond donors (Lipinski definition) is 2. The summed E-state index contributed by atoms with van der Waals surface area (Å²) in [5.41, 5.74) is 5.06. The van der Waals surface area contributed by atoms with Crippen molar-refractivity contribution in [2.75, 3.05) is 12.4 Å². The lowest BCUT2D eigenvalue weighted by molar-refractivity contribution is 0.0963. The van der Waals surface area contributed by atoms with Crippen LogP contribution in [0.15, 0.2) is 24.3 Å². The minimum absolute atomic E-state index is 0.0736. The summed E-state index contributed by atoms with van der Waals surface area (Å²) in [6, 6.07) is 7.44. The fourth-order valence-electron chi connectivity index (χ4n) is 2.15. The van der Waals surface area contributed by atoms with Gasteiger partial charge in [0.2, 0.25) is 0 Å². The molecule has 106 valence electrons. The predicted molar refractivity (Wildman–Crippen MR) is 79.8 cm³/mol. The van der Waals surface area contributed by atoms with Crippen LogP contribution in [0.2, 0.25) is 0 Å². The van der Waals surface area contributed by atoms with Crippen LogP contribution in [0.1, 0.15) is 27.3 Å². The molecular formula is C15H20N4O. The first kappa shape index (κ1) is 14.1. The number of aryl methyl sites for hydroxylation is 2. The summed E-state index contributed by atoms with van der Waals surface area (Å²) in [6.45, 7) is 4.80. The molecule has 1 aromatic carbocycles. The van der Waals surface area contributed by atoms with Gasteiger partial charge in [-0.25, -0.2) is 0 Å². The highest BCUT2D eigenvalue weighted by Crippen LogP contribution is 2.15. The highest BCUT2D eigenvalue weighted by Gasteiger charge is 2.09. The predicted octanol–water partition coefficient (Wildman–Crippen LogP) is 2.01. The second-order valence-corrected chi connectivity index (χ2v) is 4.78. The molecule has 0 aliphatic rings. The van der Waals surface area contributed by atoms with Gasteiger partial charge >= 0.3 is 0 Å². The summed E-state index contributed by atoms with van der Waals surface area (Å²) in [5.74, 6) is -0.0736. The zero-order valence-electron chi connectivity index (χ0n) is 12.3. The largest absolute Gasteiger partial charge is 0.381 e. The molecular weight excluding hydrogens is 252 g/mol. The number of carbonyl (C=O) groups excluding carboxylic acids is 1. The quantitative estimate of drug-likeness (QED) is 0.895. The van der Waals surface area contributed by atoms with Crippen LogP contribution in [-0.4, -0.2) is 22.7 Å². The molecule has 0 aliphatic carbocycles. The van der Waals surface area contributed by atoms with Crippen molar-refractivity contribution >= 4 is 11.6 Å². The second kappa shape index (κ2) is 5.77. The van der Waals surface area contributed by atoms with E-state index in [1.165, 1.54) is 5.56 Å². The topological polar surface area (TPSA) is 59.0 Å². The van der Waals surface area contributed by atoms with Crippen LogP contribution in [0.25, 0.3) is 0 Å². The molecule has 2 rings (SSSR count). The number of nitrogens with one attached hydrogen (secondary N) is 2. The van der Waals surface area contributed by atoms with Crippen LogP contribution < -0.4 is 10.6 Å². The van der Waals surface area contributed by atoms with Gasteiger partial charge in [-0.15, -0.1) is 0 Å². The van der Waals surface area contributed by atoms with E-state index in [4.69, 9.17) is 0 Å². The van der Waals surface area contributed by atoms with Gasteiger partial charge in [0.25, 0.3) is 5.91 Å². The van der Waals surface area contributed by atoms with E-state index >= 15 is 0 Å². The van der Waals surface area contributed by atoms with Crippen molar-refractivity contribution in [3.8, 4) is 0 Å². The molecule has 1 heterocycles. The van der Waals surface area contributed by atoms with E-state index in [0.717, 1.165) is 23.6 Å². The molecule has 0 spiro atoms. The monoisotopic (exact) mass is 272 g/mol. The summed E-state index contributed by atoms with van der Waals surface area (Å²) in [5, 5.41) is 10.4. The van der Waals surface area contributed by atoms with Crippen molar-refractivity contribution in [1.82, 2.24) is 15.1 Å². The Bertz CT molecular complexity index is 614. The first-order chi connectivity index (χ1) is 9.52. The summed E-state index contributed by atoms with van der Waals surface area (Å²) in [4.78, 5) is 11.5. The molecule has 0 radical (unpaired) electrons. The molecule has 20 heavy (non-hydrogen) atoms. The van der Waals surface area contributed by atoms with Crippen molar-refractivity contribution in [2.24, 2.45) is 7.05 Å². The number of anilines is 1. The van der Waals surface area contributed by atoms with Gasteiger partial charge in [0.05, 0.1) is 5.69 Å². The number of rotatable bonds is 4. The zero-order valence-corrected chi connectivity index (χ0v) is 12.3. The Labute approximate surface area is 119 Å². The number of amides is 1. The number of carbonyl (C=O) groups is 1. The Morgan fingerprint density at radius 1 is 1.25 bits per heavy atom.